The van der Waals surface area contributed by atoms with Gasteiger partial charge in [0, 0.05) is 45.4 Å². The highest BCUT2D eigenvalue weighted by molar-refractivity contribution is 6.26. The third kappa shape index (κ3) is 6.83. The second-order valence-corrected chi connectivity index (χ2v) is 25.8. The highest BCUT2D eigenvalue weighted by atomic mass is 15.3. The van der Waals surface area contributed by atoms with Crippen molar-refractivity contribution in [2.45, 2.75) is 101 Å². The molecule has 4 aliphatic rings. The van der Waals surface area contributed by atoms with E-state index in [1.165, 1.54) is 157 Å². The van der Waals surface area contributed by atoms with Crippen molar-refractivity contribution in [1.82, 2.24) is 9.97 Å². The standard InChI is InChI=1S/C80H66N4/c1-77-41-13-15-43-79(77,3)83(75-61-27-11-7-21-53(61)39-45-81-75)71-37-33-57(49-69(71)77)55-31-35-65-67(47-55)73(63-29-17-23-51-19-5-9-25-59(51)63)66-36-32-56(48-68(66)74(65)64-30-18-24-52-20-6-10-26-60(52)64)58-34-38-72-70(50-58)78(2)42-14-16-44-80(78,4)84(72)76-62-28-12-8-22-54(62)40-46-82-76/h5-12,17-40,45-50H,13-16,41-44H2,1-4H3. The molecule has 2 aliphatic carbocycles. The quantitative estimate of drug-likeness (QED) is 0.155. The van der Waals surface area contributed by atoms with E-state index in [9.17, 15) is 0 Å². The van der Waals surface area contributed by atoms with Crippen molar-refractivity contribution in [2.75, 3.05) is 9.80 Å². The first-order valence-electron chi connectivity index (χ1n) is 30.7. The first-order chi connectivity index (χ1) is 41.1. The van der Waals surface area contributed by atoms with Crippen LogP contribution in [0.25, 0.3) is 109 Å². The van der Waals surface area contributed by atoms with Crippen LogP contribution in [0.5, 0.6) is 0 Å². The fourth-order valence-electron chi connectivity index (χ4n) is 17.1. The average molecular weight is 1080 g/mol. The van der Waals surface area contributed by atoms with Gasteiger partial charge in [-0.3, -0.25) is 0 Å². The second kappa shape index (κ2) is 18.2. The maximum absolute atomic E-state index is 5.21. The molecule has 2 aromatic heterocycles. The zero-order chi connectivity index (χ0) is 56.1. The molecule has 0 radical (unpaired) electrons. The largest absolute Gasteiger partial charge is 0.319 e. The number of fused-ring (bicyclic) bond motifs is 12. The summed E-state index contributed by atoms with van der Waals surface area (Å²) in [4.78, 5) is 15.7. The van der Waals surface area contributed by atoms with Crippen LogP contribution in [0.4, 0.5) is 23.0 Å². The number of hydrogen-bond donors (Lipinski definition) is 0. The Morgan fingerprint density at radius 1 is 0.310 bits per heavy atom. The molecule has 11 aromatic carbocycles. The number of aromatic nitrogens is 2. The first-order valence-corrected chi connectivity index (χ1v) is 30.7. The van der Waals surface area contributed by atoms with Crippen LogP contribution in [0.2, 0.25) is 0 Å². The van der Waals surface area contributed by atoms with E-state index in [0.717, 1.165) is 37.3 Å². The van der Waals surface area contributed by atoms with E-state index in [4.69, 9.17) is 9.97 Å². The van der Waals surface area contributed by atoms with Crippen LogP contribution < -0.4 is 9.80 Å². The predicted octanol–water partition coefficient (Wildman–Crippen LogP) is 21.5. The van der Waals surface area contributed by atoms with Crippen LogP contribution >= 0.6 is 0 Å². The molecule has 0 bridgehead atoms. The van der Waals surface area contributed by atoms with Crippen LogP contribution in [0.3, 0.4) is 0 Å². The van der Waals surface area contributed by atoms with Gasteiger partial charge in [0.15, 0.2) is 0 Å². The molecule has 0 saturated heterocycles. The zero-order valence-electron chi connectivity index (χ0n) is 48.4. The average Bonchev–Trinajstić information content (AvgIpc) is 1.57. The Labute approximate surface area is 492 Å². The van der Waals surface area contributed by atoms with Gasteiger partial charge in [0.25, 0.3) is 0 Å². The normalized spacial score (nSPS) is 21.8. The number of benzene rings is 11. The van der Waals surface area contributed by atoms with Gasteiger partial charge >= 0.3 is 0 Å². The Morgan fingerprint density at radius 3 is 1.11 bits per heavy atom. The zero-order valence-corrected chi connectivity index (χ0v) is 48.4. The molecular formula is C80H66N4. The number of anilines is 4. The summed E-state index contributed by atoms with van der Waals surface area (Å²) in [7, 11) is 0. The molecule has 13 aromatic rings. The van der Waals surface area contributed by atoms with Crippen LogP contribution in [0.1, 0.15) is 90.2 Å². The summed E-state index contributed by atoms with van der Waals surface area (Å²) in [6.07, 6.45) is 13.4. The minimum atomic E-state index is -0.136. The van der Waals surface area contributed by atoms with Gasteiger partial charge in [-0.05, 0) is 198 Å². The van der Waals surface area contributed by atoms with Gasteiger partial charge in [0.05, 0.1) is 11.1 Å². The lowest BCUT2D eigenvalue weighted by Crippen LogP contribution is -2.54. The van der Waals surface area contributed by atoms with Gasteiger partial charge in [0.1, 0.15) is 11.6 Å². The molecule has 0 N–H and O–H groups in total. The van der Waals surface area contributed by atoms with E-state index in [2.05, 4.69) is 256 Å². The molecule has 0 amide bonds. The van der Waals surface area contributed by atoms with Gasteiger partial charge in [0.2, 0.25) is 0 Å². The molecule has 17 rings (SSSR count). The van der Waals surface area contributed by atoms with Gasteiger partial charge < -0.3 is 9.80 Å². The van der Waals surface area contributed by atoms with Crippen molar-refractivity contribution < 1.29 is 0 Å². The number of nitrogens with zero attached hydrogens (tertiary/aromatic N) is 4. The lowest BCUT2D eigenvalue weighted by molar-refractivity contribution is 0.194. The highest BCUT2D eigenvalue weighted by Crippen LogP contribution is 2.64. The van der Waals surface area contributed by atoms with E-state index >= 15 is 0 Å². The minimum absolute atomic E-state index is 0.0738. The molecule has 4 atom stereocenters. The van der Waals surface area contributed by atoms with Crippen molar-refractivity contribution in [3.05, 3.63) is 242 Å². The van der Waals surface area contributed by atoms with E-state index in [-0.39, 0.29) is 21.9 Å². The molecular weight excluding hydrogens is 1020 g/mol. The monoisotopic (exact) mass is 1080 g/mol. The van der Waals surface area contributed by atoms with Gasteiger partial charge in [-0.25, -0.2) is 9.97 Å². The molecule has 84 heavy (non-hydrogen) atoms. The Kier molecular flexibility index (Phi) is 10.7. The van der Waals surface area contributed by atoms with E-state index < -0.39 is 0 Å². The lowest BCUT2D eigenvalue weighted by atomic mass is 9.61. The maximum atomic E-state index is 5.21. The molecule has 2 aliphatic heterocycles. The fraction of sp³-hybridized carbons (Fsp3) is 0.200. The van der Waals surface area contributed by atoms with Crippen molar-refractivity contribution in [3.63, 3.8) is 0 Å². The summed E-state index contributed by atoms with van der Waals surface area (Å²) in [6.45, 7) is 10.1. The van der Waals surface area contributed by atoms with Crippen molar-refractivity contribution in [1.29, 1.82) is 0 Å². The summed E-state index contributed by atoms with van der Waals surface area (Å²) >= 11 is 0. The molecule has 4 unspecified atom stereocenters. The van der Waals surface area contributed by atoms with Crippen molar-refractivity contribution >= 4 is 87.6 Å². The molecule has 4 nitrogen and oxygen atoms in total. The lowest BCUT2D eigenvalue weighted by Gasteiger charge is -2.50. The molecule has 4 heteroatoms. The SMILES string of the molecule is CC12CCCCC1(C)N(c1nccc3ccccc13)c1ccc(-c3ccc4c(-c5cccc6ccccc56)c5cc(-c6ccc7c(c6)C6(C)CCCCC6(C)N7c6nccc7ccccc67)ccc5c(-c5cccc6ccccc56)c4c3)cc12. The summed E-state index contributed by atoms with van der Waals surface area (Å²) in [5.74, 6) is 2.13. The molecule has 4 heterocycles. The first kappa shape index (κ1) is 49.5. The smallest absolute Gasteiger partial charge is 0.141 e. The molecule has 2 fully saturated rings. The topological polar surface area (TPSA) is 32.3 Å². The summed E-state index contributed by atoms with van der Waals surface area (Å²) in [6, 6.07) is 83.1. The highest BCUT2D eigenvalue weighted by Gasteiger charge is 2.59. The Bertz CT molecular complexity index is 4590. The van der Waals surface area contributed by atoms with Gasteiger partial charge in [-0.1, -0.05) is 209 Å². The van der Waals surface area contributed by atoms with E-state index in [0.29, 0.717) is 0 Å². The van der Waals surface area contributed by atoms with E-state index in [1.807, 2.05) is 12.4 Å². The second-order valence-electron chi connectivity index (χ2n) is 25.8. The maximum Gasteiger partial charge on any atom is 0.141 e. The van der Waals surface area contributed by atoms with Crippen LogP contribution in [0.15, 0.2) is 231 Å². The number of hydrogen-bond acceptors (Lipinski definition) is 4. The van der Waals surface area contributed by atoms with Crippen LogP contribution in [-0.4, -0.2) is 21.0 Å². The van der Waals surface area contributed by atoms with E-state index in [1.54, 1.807) is 0 Å². The van der Waals surface area contributed by atoms with Crippen LogP contribution in [0, 0.1) is 0 Å². The Morgan fingerprint density at radius 2 is 0.667 bits per heavy atom. The molecule has 0 spiro atoms. The van der Waals surface area contributed by atoms with Gasteiger partial charge in [-0.2, -0.15) is 0 Å². The Hall–Kier alpha value is -9.12. The summed E-state index contributed by atoms with van der Waals surface area (Å²) in [5.41, 5.74) is 15.0. The van der Waals surface area contributed by atoms with Crippen molar-refractivity contribution in [2.24, 2.45) is 0 Å². The summed E-state index contributed by atoms with van der Waals surface area (Å²) < 4.78 is 0. The third-order valence-corrected chi connectivity index (χ3v) is 21.8. The van der Waals surface area contributed by atoms with Gasteiger partial charge in [-0.15, -0.1) is 0 Å². The Balaban J connectivity index is 0.904. The fourth-order valence-corrected chi connectivity index (χ4v) is 17.1. The predicted molar refractivity (Wildman–Crippen MR) is 354 cm³/mol. The number of rotatable bonds is 6. The molecule has 2 saturated carbocycles. The van der Waals surface area contributed by atoms with Crippen molar-refractivity contribution in [3.8, 4) is 44.5 Å². The summed E-state index contributed by atoms with van der Waals surface area (Å²) in [5, 5.41) is 14.9. The number of pyridine rings is 2. The third-order valence-electron chi connectivity index (χ3n) is 21.8. The minimum Gasteiger partial charge on any atom is -0.319 e. The molecule has 406 valence electrons. The van der Waals surface area contributed by atoms with Crippen LogP contribution in [-0.2, 0) is 10.8 Å².